The fourth-order valence-electron chi connectivity index (χ4n) is 5.44. The monoisotopic (exact) mass is 586 g/mol. The second-order valence-electron chi connectivity index (χ2n) is 12.1. The maximum absolute atomic E-state index is 14.0. The minimum absolute atomic E-state index is 0.0101. The van der Waals surface area contributed by atoms with E-state index in [2.05, 4.69) is 10.6 Å². The van der Waals surface area contributed by atoms with Crippen molar-refractivity contribution in [3.63, 3.8) is 0 Å². The number of non-ortho nitro benzene ring substituents is 1. The number of carboxylic acid groups (broad SMARTS) is 1. The number of amides is 3. The number of hydrogen-bond acceptors (Lipinski definition) is 8. The van der Waals surface area contributed by atoms with Crippen LogP contribution in [0.25, 0.3) is 0 Å². The summed E-state index contributed by atoms with van der Waals surface area (Å²) in [7, 11) is 0. The summed E-state index contributed by atoms with van der Waals surface area (Å²) in [6.45, 7) is 5.12. The summed E-state index contributed by atoms with van der Waals surface area (Å²) in [5, 5.41) is 26.4. The largest absolute Gasteiger partial charge is 0.488 e. The van der Waals surface area contributed by atoms with Crippen molar-refractivity contribution in [1.29, 1.82) is 0 Å². The van der Waals surface area contributed by atoms with Crippen LogP contribution in [0, 0.1) is 16.0 Å². The molecule has 5 unspecified atom stereocenters. The molecule has 3 aliphatic rings. The molecule has 0 spiro atoms. The zero-order valence-corrected chi connectivity index (χ0v) is 24.0. The highest BCUT2D eigenvalue weighted by molar-refractivity contribution is 5.96. The number of carbonyl (C=O) groups is 4. The molecule has 1 aromatic carbocycles. The highest BCUT2D eigenvalue weighted by atomic mass is 16.6. The number of ether oxygens (including phenoxy) is 2. The van der Waals surface area contributed by atoms with Gasteiger partial charge in [-0.2, -0.15) is 0 Å². The number of fused-ring (bicyclic) bond motifs is 2. The van der Waals surface area contributed by atoms with Crippen molar-refractivity contribution in [2.24, 2.45) is 5.92 Å². The van der Waals surface area contributed by atoms with Crippen LogP contribution in [-0.4, -0.2) is 74.7 Å². The SMILES string of the molecule is CC(C)(C)OC(=O)NC1CCCCC/C=C\C2CC2(C(=O)O)NC(=O)C2CC(Oc3ccc([N+](=O)[O-])cc3)CN2C1=O. The lowest BCUT2D eigenvalue weighted by molar-refractivity contribution is -0.384. The predicted octanol–water partition coefficient (Wildman–Crippen LogP) is 3.32. The number of hydrogen-bond donors (Lipinski definition) is 3. The lowest BCUT2D eigenvalue weighted by Crippen LogP contribution is -2.56. The number of nitrogens with zero attached hydrogens (tertiary/aromatic N) is 2. The number of nitrogens with one attached hydrogen (secondary N) is 2. The second kappa shape index (κ2) is 12.4. The summed E-state index contributed by atoms with van der Waals surface area (Å²) in [6.07, 6.45) is 5.94. The van der Waals surface area contributed by atoms with Crippen LogP contribution in [0.15, 0.2) is 36.4 Å². The molecule has 13 nitrogen and oxygen atoms in total. The molecular formula is C29H38N4O9. The summed E-state index contributed by atoms with van der Waals surface area (Å²) < 4.78 is 11.4. The standard InChI is InChI=1S/C29H38N4O9/c1-28(2,3)42-27(38)30-22-10-8-6-4-5-7-9-18-16-29(18,26(36)37)31-24(34)23-15-21(17-32(23)25(22)35)41-20-13-11-19(12-14-20)33(39)40/h7,9,11-14,18,21-23H,4-6,8,10,15-17H2,1-3H3,(H,30,38)(H,31,34)(H,36,37)/b9-7-. The zero-order valence-electron chi connectivity index (χ0n) is 24.0. The Kier molecular flexibility index (Phi) is 9.07. The minimum atomic E-state index is -1.45. The van der Waals surface area contributed by atoms with Crippen LogP contribution in [0.2, 0.25) is 0 Å². The van der Waals surface area contributed by atoms with Gasteiger partial charge in [0.2, 0.25) is 11.8 Å². The van der Waals surface area contributed by atoms with Crippen LogP contribution in [-0.2, 0) is 19.1 Å². The molecular weight excluding hydrogens is 548 g/mol. The predicted molar refractivity (Wildman–Crippen MR) is 150 cm³/mol. The Bertz CT molecular complexity index is 1240. The van der Waals surface area contributed by atoms with Gasteiger partial charge in [-0.15, -0.1) is 0 Å². The summed E-state index contributed by atoms with van der Waals surface area (Å²) in [5.41, 5.74) is -2.35. The van der Waals surface area contributed by atoms with Crippen molar-refractivity contribution in [1.82, 2.24) is 15.5 Å². The third-order valence-electron chi connectivity index (χ3n) is 7.66. The maximum Gasteiger partial charge on any atom is 0.408 e. The molecule has 13 heteroatoms. The zero-order chi connectivity index (χ0) is 30.7. The lowest BCUT2D eigenvalue weighted by atomic mass is 10.0. The molecule has 1 aromatic rings. The van der Waals surface area contributed by atoms with Crippen LogP contribution in [0.5, 0.6) is 5.75 Å². The lowest BCUT2D eigenvalue weighted by Gasteiger charge is -2.30. The highest BCUT2D eigenvalue weighted by Gasteiger charge is 2.61. The number of carbonyl (C=O) groups excluding carboxylic acids is 3. The topological polar surface area (TPSA) is 177 Å². The van der Waals surface area contributed by atoms with E-state index in [1.165, 1.54) is 29.2 Å². The number of aliphatic carboxylic acids is 1. The number of nitro groups is 1. The van der Waals surface area contributed by atoms with Gasteiger partial charge in [-0.25, -0.2) is 9.59 Å². The molecule has 42 heavy (non-hydrogen) atoms. The summed E-state index contributed by atoms with van der Waals surface area (Å²) in [5.74, 6) is -2.31. The molecule has 4 rings (SSSR count). The Morgan fingerprint density at radius 2 is 1.88 bits per heavy atom. The first kappa shape index (κ1) is 30.8. The molecule has 0 radical (unpaired) electrons. The fourth-order valence-corrected chi connectivity index (χ4v) is 5.44. The first-order valence-electron chi connectivity index (χ1n) is 14.2. The van der Waals surface area contributed by atoms with Gasteiger partial charge in [-0.1, -0.05) is 25.0 Å². The van der Waals surface area contributed by atoms with Crippen LogP contribution in [0.3, 0.4) is 0 Å². The van der Waals surface area contributed by atoms with E-state index in [1.807, 2.05) is 12.2 Å². The van der Waals surface area contributed by atoms with Gasteiger partial charge in [0.25, 0.3) is 5.69 Å². The van der Waals surface area contributed by atoms with E-state index >= 15 is 0 Å². The molecule has 0 bridgehead atoms. The Morgan fingerprint density at radius 3 is 2.52 bits per heavy atom. The number of alkyl carbamates (subject to hydrolysis) is 1. The Labute approximate surface area is 243 Å². The van der Waals surface area contributed by atoms with Crippen molar-refractivity contribution >= 4 is 29.6 Å². The van der Waals surface area contributed by atoms with Crippen molar-refractivity contribution in [3.05, 3.63) is 46.5 Å². The van der Waals surface area contributed by atoms with Crippen LogP contribution in [0.4, 0.5) is 10.5 Å². The normalized spacial score (nSPS) is 29.1. The van der Waals surface area contributed by atoms with Gasteiger partial charge in [-0.05, 0) is 58.6 Å². The first-order chi connectivity index (χ1) is 19.8. The minimum Gasteiger partial charge on any atom is -0.488 e. The molecule has 2 heterocycles. The number of rotatable bonds is 5. The van der Waals surface area contributed by atoms with Crippen molar-refractivity contribution in [2.45, 2.75) is 95.0 Å². The van der Waals surface area contributed by atoms with Gasteiger partial charge < -0.3 is 30.1 Å². The number of benzene rings is 1. The molecule has 1 saturated carbocycles. The van der Waals surface area contributed by atoms with Crippen molar-refractivity contribution in [2.75, 3.05) is 6.54 Å². The van der Waals surface area contributed by atoms with Gasteiger partial charge in [0.15, 0.2) is 0 Å². The van der Waals surface area contributed by atoms with Crippen molar-refractivity contribution < 1.29 is 38.7 Å². The smallest absolute Gasteiger partial charge is 0.408 e. The second-order valence-corrected chi connectivity index (χ2v) is 12.1. The van der Waals surface area contributed by atoms with E-state index in [-0.39, 0.29) is 31.0 Å². The average molecular weight is 587 g/mol. The molecule has 0 aromatic heterocycles. The van der Waals surface area contributed by atoms with E-state index in [0.717, 1.165) is 19.3 Å². The Hall–Kier alpha value is -4.16. The van der Waals surface area contributed by atoms with Crippen molar-refractivity contribution in [3.8, 4) is 5.75 Å². The summed E-state index contributed by atoms with van der Waals surface area (Å²) in [6, 6.07) is 3.41. The Morgan fingerprint density at radius 1 is 1.17 bits per heavy atom. The molecule has 1 aliphatic carbocycles. The first-order valence-corrected chi connectivity index (χ1v) is 14.2. The molecule has 228 valence electrons. The van der Waals surface area contributed by atoms with E-state index in [1.54, 1.807) is 20.8 Å². The van der Waals surface area contributed by atoms with E-state index in [9.17, 15) is 34.4 Å². The quantitative estimate of drug-likeness (QED) is 0.265. The van der Waals surface area contributed by atoms with Crippen LogP contribution in [0.1, 0.15) is 65.7 Å². The number of carboxylic acids is 1. The molecule has 2 aliphatic heterocycles. The molecule has 5 atom stereocenters. The highest BCUT2D eigenvalue weighted by Crippen LogP contribution is 2.45. The van der Waals surface area contributed by atoms with Gasteiger partial charge in [0.05, 0.1) is 11.5 Å². The van der Waals surface area contributed by atoms with Gasteiger partial charge >= 0.3 is 12.1 Å². The molecule has 1 saturated heterocycles. The van der Waals surface area contributed by atoms with E-state index in [4.69, 9.17) is 9.47 Å². The third kappa shape index (κ3) is 7.37. The average Bonchev–Trinajstić information content (AvgIpc) is 3.44. The van der Waals surface area contributed by atoms with Gasteiger partial charge in [-0.3, -0.25) is 19.7 Å². The van der Waals surface area contributed by atoms with Crippen LogP contribution >= 0.6 is 0 Å². The molecule has 3 N–H and O–H groups in total. The fraction of sp³-hybridized carbons (Fsp3) is 0.586. The summed E-state index contributed by atoms with van der Waals surface area (Å²) >= 11 is 0. The molecule has 3 amide bonds. The van der Waals surface area contributed by atoms with E-state index < -0.39 is 58.1 Å². The van der Waals surface area contributed by atoms with Crippen LogP contribution < -0.4 is 15.4 Å². The number of allylic oxidation sites excluding steroid dienone is 1. The summed E-state index contributed by atoms with van der Waals surface area (Å²) in [4.78, 5) is 64.3. The van der Waals surface area contributed by atoms with Gasteiger partial charge in [0, 0.05) is 24.5 Å². The molecule has 2 fully saturated rings. The van der Waals surface area contributed by atoms with Gasteiger partial charge in [0.1, 0.15) is 35.1 Å². The van der Waals surface area contributed by atoms with E-state index in [0.29, 0.717) is 18.6 Å². The maximum atomic E-state index is 14.0. The number of nitro benzene ring substituents is 1. The Balaban J connectivity index is 1.60. The third-order valence-corrected chi connectivity index (χ3v) is 7.66.